The van der Waals surface area contributed by atoms with Crippen LogP contribution in [0.4, 0.5) is 0 Å². The maximum Gasteiger partial charge on any atom is 0.327 e. The largest absolute Gasteiger partial charge is 0.465 e. The number of hydrogen-bond donors (Lipinski definition) is 1. The minimum atomic E-state index is -0.491. The third kappa shape index (κ3) is 4.44. The molecule has 1 atom stereocenters. The summed E-state index contributed by atoms with van der Waals surface area (Å²) in [6, 6.07) is 1.38. The molecule has 0 aliphatic carbocycles. The van der Waals surface area contributed by atoms with Gasteiger partial charge in [0.1, 0.15) is 6.04 Å². The second-order valence-electron chi connectivity index (χ2n) is 3.15. The van der Waals surface area contributed by atoms with E-state index in [4.69, 9.17) is 10.3 Å². The van der Waals surface area contributed by atoms with Crippen LogP contribution in [-0.2, 0) is 9.53 Å². The van der Waals surface area contributed by atoms with E-state index in [2.05, 4.69) is 15.3 Å². The smallest absolute Gasteiger partial charge is 0.327 e. The van der Waals surface area contributed by atoms with Crippen molar-refractivity contribution in [2.75, 3.05) is 19.7 Å². The molecule has 1 N–H and O–H groups in total. The number of azide groups is 1. The van der Waals surface area contributed by atoms with E-state index in [9.17, 15) is 4.79 Å². The van der Waals surface area contributed by atoms with E-state index in [0.29, 0.717) is 19.7 Å². The van der Waals surface area contributed by atoms with E-state index in [1.165, 1.54) is 11.3 Å². The van der Waals surface area contributed by atoms with E-state index >= 15 is 0 Å². The number of rotatable bonds is 7. The Morgan fingerprint density at radius 1 is 1.76 bits per heavy atom. The second-order valence-corrected chi connectivity index (χ2v) is 3.93. The van der Waals surface area contributed by atoms with Gasteiger partial charge in [-0.05, 0) is 34.8 Å². The molecule has 0 amide bonds. The highest BCUT2D eigenvalue weighted by Crippen LogP contribution is 2.17. The lowest BCUT2D eigenvalue weighted by Crippen LogP contribution is -2.31. The van der Waals surface area contributed by atoms with Crippen LogP contribution in [0.5, 0.6) is 0 Å². The lowest BCUT2D eigenvalue weighted by atomic mass is 10.1. The van der Waals surface area contributed by atoms with Crippen molar-refractivity contribution in [2.24, 2.45) is 5.11 Å². The lowest BCUT2D eigenvalue weighted by Gasteiger charge is -2.15. The summed E-state index contributed by atoms with van der Waals surface area (Å²) in [5, 5.41) is 10.2. The molecule has 0 radical (unpaired) electrons. The Hall–Kier alpha value is -1.56. The van der Waals surface area contributed by atoms with Crippen LogP contribution >= 0.6 is 11.3 Å². The van der Waals surface area contributed by atoms with Gasteiger partial charge in [-0.2, -0.15) is 11.3 Å². The van der Waals surface area contributed by atoms with Gasteiger partial charge in [-0.1, -0.05) is 5.11 Å². The molecule has 0 saturated heterocycles. The molecule has 1 heterocycles. The summed E-state index contributed by atoms with van der Waals surface area (Å²) in [5.74, 6) is -0.313. The molecular formula is C10H14N4O2S. The number of ether oxygens (including phenoxy) is 1. The Kier molecular flexibility index (Phi) is 6.09. The number of esters is 1. The lowest BCUT2D eigenvalue weighted by molar-refractivity contribution is -0.145. The molecule has 1 aromatic heterocycles. The molecular weight excluding hydrogens is 240 g/mol. The Labute approximate surface area is 103 Å². The number of thiophene rings is 1. The third-order valence-corrected chi connectivity index (χ3v) is 2.72. The molecule has 0 aliphatic heterocycles. The first-order chi connectivity index (χ1) is 8.29. The average Bonchev–Trinajstić information content (AvgIpc) is 2.83. The van der Waals surface area contributed by atoms with Crippen molar-refractivity contribution < 1.29 is 9.53 Å². The maximum absolute atomic E-state index is 11.7. The van der Waals surface area contributed by atoms with E-state index in [1.807, 2.05) is 16.8 Å². The molecule has 0 bridgehead atoms. The van der Waals surface area contributed by atoms with Gasteiger partial charge >= 0.3 is 5.97 Å². The number of nitrogens with zero attached hydrogens (tertiary/aromatic N) is 3. The molecule has 1 unspecified atom stereocenters. The van der Waals surface area contributed by atoms with E-state index in [1.54, 1.807) is 6.92 Å². The van der Waals surface area contributed by atoms with Gasteiger partial charge in [0.15, 0.2) is 0 Å². The van der Waals surface area contributed by atoms with Crippen molar-refractivity contribution in [1.29, 1.82) is 0 Å². The highest BCUT2D eigenvalue weighted by atomic mass is 32.1. The van der Waals surface area contributed by atoms with Crippen LogP contribution in [0.3, 0.4) is 0 Å². The van der Waals surface area contributed by atoms with E-state index < -0.39 is 6.04 Å². The molecule has 92 valence electrons. The molecule has 6 nitrogen and oxygen atoms in total. The predicted molar refractivity (Wildman–Crippen MR) is 65.7 cm³/mol. The Bertz CT molecular complexity index is 387. The van der Waals surface area contributed by atoms with Crippen LogP contribution in [-0.4, -0.2) is 25.7 Å². The first kappa shape index (κ1) is 13.5. The SMILES string of the molecule is CCOC(=O)C(NCCN=[N+]=[N-])c1ccsc1. The maximum atomic E-state index is 11.7. The Morgan fingerprint density at radius 3 is 3.18 bits per heavy atom. The summed E-state index contributed by atoms with van der Waals surface area (Å²) in [6.07, 6.45) is 0. The van der Waals surface area contributed by atoms with Gasteiger partial charge in [0.2, 0.25) is 0 Å². The van der Waals surface area contributed by atoms with Gasteiger partial charge in [-0.15, -0.1) is 0 Å². The zero-order valence-corrected chi connectivity index (χ0v) is 10.3. The van der Waals surface area contributed by atoms with Crippen LogP contribution in [0, 0.1) is 0 Å². The second kappa shape index (κ2) is 7.67. The summed E-state index contributed by atoms with van der Waals surface area (Å²) >= 11 is 1.52. The van der Waals surface area contributed by atoms with Gasteiger partial charge in [-0.3, -0.25) is 0 Å². The highest BCUT2D eigenvalue weighted by molar-refractivity contribution is 7.08. The fourth-order valence-electron chi connectivity index (χ4n) is 1.31. The summed E-state index contributed by atoms with van der Waals surface area (Å²) in [7, 11) is 0. The van der Waals surface area contributed by atoms with Crippen molar-refractivity contribution in [3.63, 3.8) is 0 Å². The third-order valence-electron chi connectivity index (χ3n) is 2.02. The van der Waals surface area contributed by atoms with Gasteiger partial charge < -0.3 is 10.1 Å². The number of carbonyl (C=O) groups excluding carboxylic acids is 1. The summed E-state index contributed by atoms with van der Waals surface area (Å²) < 4.78 is 4.98. The van der Waals surface area contributed by atoms with Crippen LogP contribution in [0.1, 0.15) is 18.5 Å². The van der Waals surface area contributed by atoms with Crippen LogP contribution in [0.2, 0.25) is 0 Å². The van der Waals surface area contributed by atoms with Crippen molar-refractivity contribution in [3.05, 3.63) is 32.8 Å². The van der Waals surface area contributed by atoms with Crippen molar-refractivity contribution in [2.45, 2.75) is 13.0 Å². The molecule has 1 rings (SSSR count). The van der Waals surface area contributed by atoms with E-state index in [-0.39, 0.29) is 5.97 Å². The zero-order valence-electron chi connectivity index (χ0n) is 9.50. The fourth-order valence-corrected chi connectivity index (χ4v) is 1.99. The summed E-state index contributed by atoms with van der Waals surface area (Å²) in [6.45, 7) is 2.85. The number of nitrogens with one attached hydrogen (secondary N) is 1. The van der Waals surface area contributed by atoms with Crippen molar-refractivity contribution in [1.82, 2.24) is 5.32 Å². The molecule has 1 aromatic rings. The zero-order chi connectivity index (χ0) is 12.5. The topological polar surface area (TPSA) is 87.1 Å². The van der Waals surface area contributed by atoms with Gasteiger partial charge in [0, 0.05) is 18.0 Å². The minimum absolute atomic E-state index is 0.302. The van der Waals surface area contributed by atoms with Crippen LogP contribution < -0.4 is 5.32 Å². The molecule has 0 fully saturated rings. The molecule has 0 spiro atoms. The minimum Gasteiger partial charge on any atom is -0.465 e. The van der Waals surface area contributed by atoms with Crippen LogP contribution in [0.25, 0.3) is 10.4 Å². The number of hydrogen-bond acceptors (Lipinski definition) is 5. The van der Waals surface area contributed by atoms with Crippen molar-refractivity contribution >= 4 is 17.3 Å². The van der Waals surface area contributed by atoms with Gasteiger partial charge in [-0.25, -0.2) is 4.79 Å². The summed E-state index contributed by atoms with van der Waals surface area (Å²) in [5.41, 5.74) is 9.02. The van der Waals surface area contributed by atoms with Crippen LogP contribution in [0.15, 0.2) is 21.9 Å². The molecule has 0 saturated carbocycles. The quantitative estimate of drug-likeness (QED) is 0.266. The first-order valence-electron chi connectivity index (χ1n) is 5.22. The standard InChI is InChI=1S/C10H14N4O2S/c1-2-16-10(15)9(8-3-6-17-7-8)12-4-5-13-14-11/h3,6-7,9,12H,2,4-5H2,1H3. The van der Waals surface area contributed by atoms with Gasteiger partial charge in [0.05, 0.1) is 6.61 Å². The van der Waals surface area contributed by atoms with Crippen molar-refractivity contribution in [3.8, 4) is 0 Å². The Balaban J connectivity index is 2.59. The first-order valence-corrected chi connectivity index (χ1v) is 6.16. The fraction of sp³-hybridized carbons (Fsp3) is 0.500. The molecule has 0 aliphatic rings. The normalized spacial score (nSPS) is 11.6. The van der Waals surface area contributed by atoms with Gasteiger partial charge in [0.25, 0.3) is 0 Å². The summed E-state index contributed by atoms with van der Waals surface area (Å²) in [4.78, 5) is 14.4. The molecule has 17 heavy (non-hydrogen) atoms. The average molecular weight is 254 g/mol. The predicted octanol–water partition coefficient (Wildman–Crippen LogP) is 2.25. The van der Waals surface area contributed by atoms with E-state index in [0.717, 1.165) is 5.56 Å². The molecule has 0 aromatic carbocycles. The molecule has 7 heteroatoms. The Morgan fingerprint density at radius 2 is 2.59 bits per heavy atom. The monoisotopic (exact) mass is 254 g/mol. The number of carbonyl (C=O) groups is 1. The highest BCUT2D eigenvalue weighted by Gasteiger charge is 2.21.